The number of fused-ring (bicyclic) bond motifs is 1. The van der Waals surface area contributed by atoms with Gasteiger partial charge in [-0.3, -0.25) is 9.59 Å². The summed E-state index contributed by atoms with van der Waals surface area (Å²) in [6, 6.07) is 7.05. The number of amides is 1. The smallest absolute Gasteiger partial charge is 0.405 e. The van der Waals surface area contributed by atoms with Gasteiger partial charge in [-0.25, -0.2) is 4.79 Å². The molecule has 0 aliphatic rings. The molecule has 0 bridgehead atoms. The van der Waals surface area contributed by atoms with Gasteiger partial charge in [-0.2, -0.15) is 13.2 Å². The Morgan fingerprint density at radius 2 is 1.91 bits per heavy atom. The SMILES string of the molecule is O=C(COC(=O)c1cc(=O)c2ccccc2o1)NCC(F)(F)F. The second-order valence-corrected chi connectivity index (χ2v) is 4.44. The molecule has 0 aliphatic heterocycles. The van der Waals surface area contributed by atoms with Gasteiger partial charge >= 0.3 is 12.1 Å². The molecule has 1 N–H and O–H groups in total. The van der Waals surface area contributed by atoms with Gasteiger partial charge in [0.15, 0.2) is 12.0 Å². The quantitative estimate of drug-likeness (QED) is 0.862. The number of ether oxygens (including phenoxy) is 1. The number of nitrogens with one attached hydrogen (secondary N) is 1. The Bertz CT molecular complexity index is 797. The number of halogens is 3. The fourth-order valence-electron chi connectivity index (χ4n) is 1.66. The van der Waals surface area contributed by atoms with E-state index in [4.69, 9.17) is 4.42 Å². The summed E-state index contributed by atoms with van der Waals surface area (Å²) in [4.78, 5) is 34.6. The van der Waals surface area contributed by atoms with Crippen molar-refractivity contribution in [1.82, 2.24) is 5.32 Å². The van der Waals surface area contributed by atoms with Crippen molar-refractivity contribution in [3.05, 3.63) is 46.3 Å². The highest BCUT2D eigenvalue weighted by Gasteiger charge is 2.28. The van der Waals surface area contributed by atoms with Crippen LogP contribution in [0.2, 0.25) is 0 Å². The van der Waals surface area contributed by atoms with Crippen LogP contribution in [0.1, 0.15) is 10.6 Å². The van der Waals surface area contributed by atoms with E-state index >= 15 is 0 Å². The van der Waals surface area contributed by atoms with Crippen LogP contribution in [0.3, 0.4) is 0 Å². The predicted molar refractivity (Wildman–Crippen MR) is 71.8 cm³/mol. The highest BCUT2D eigenvalue weighted by atomic mass is 19.4. The van der Waals surface area contributed by atoms with Crippen molar-refractivity contribution in [3.63, 3.8) is 0 Å². The summed E-state index contributed by atoms with van der Waals surface area (Å²) in [5, 5.41) is 1.79. The van der Waals surface area contributed by atoms with Gasteiger partial charge in [0.1, 0.15) is 12.1 Å². The fraction of sp³-hybridized carbons (Fsp3) is 0.214. The zero-order valence-electron chi connectivity index (χ0n) is 11.5. The van der Waals surface area contributed by atoms with Crippen LogP contribution in [0, 0.1) is 0 Å². The third kappa shape index (κ3) is 4.56. The number of para-hydroxylation sites is 1. The maximum atomic E-state index is 11.9. The second kappa shape index (κ2) is 6.51. The van der Waals surface area contributed by atoms with Crippen LogP contribution in [0.25, 0.3) is 11.0 Å². The van der Waals surface area contributed by atoms with Crippen LogP contribution in [0.5, 0.6) is 0 Å². The van der Waals surface area contributed by atoms with Crippen LogP contribution >= 0.6 is 0 Å². The molecule has 6 nitrogen and oxygen atoms in total. The number of rotatable bonds is 4. The number of carbonyl (C=O) groups is 2. The van der Waals surface area contributed by atoms with Gasteiger partial charge in [-0.05, 0) is 12.1 Å². The summed E-state index contributed by atoms with van der Waals surface area (Å²) in [5.41, 5.74) is -0.339. The third-order valence-corrected chi connectivity index (χ3v) is 2.66. The standard InChI is InChI=1S/C14H10F3NO5/c15-14(16,17)7-18-12(20)6-22-13(21)11-5-9(19)8-3-1-2-4-10(8)23-11/h1-5H,6-7H2,(H,18,20). The number of hydrogen-bond acceptors (Lipinski definition) is 5. The van der Waals surface area contributed by atoms with E-state index < -0.39 is 42.4 Å². The van der Waals surface area contributed by atoms with Gasteiger partial charge < -0.3 is 14.5 Å². The molecule has 122 valence electrons. The first kappa shape index (κ1) is 16.5. The van der Waals surface area contributed by atoms with Gasteiger partial charge in [0.2, 0.25) is 5.76 Å². The van der Waals surface area contributed by atoms with E-state index in [1.54, 1.807) is 12.1 Å². The number of benzene rings is 1. The average molecular weight is 329 g/mol. The largest absolute Gasteiger partial charge is 0.450 e. The molecular formula is C14H10F3NO5. The van der Waals surface area contributed by atoms with E-state index in [2.05, 4.69) is 4.74 Å². The van der Waals surface area contributed by atoms with E-state index in [-0.39, 0.29) is 11.0 Å². The Kier molecular flexibility index (Phi) is 4.68. The summed E-state index contributed by atoms with van der Waals surface area (Å²) in [7, 11) is 0. The first-order valence-corrected chi connectivity index (χ1v) is 6.30. The molecule has 0 saturated carbocycles. The minimum atomic E-state index is -4.56. The number of esters is 1. The van der Waals surface area contributed by atoms with Crippen LogP contribution < -0.4 is 10.7 Å². The predicted octanol–water partition coefficient (Wildman–Crippen LogP) is 1.63. The van der Waals surface area contributed by atoms with Gasteiger partial charge in [0, 0.05) is 6.07 Å². The summed E-state index contributed by atoms with van der Waals surface area (Å²) >= 11 is 0. The lowest BCUT2D eigenvalue weighted by molar-refractivity contribution is -0.140. The first-order valence-electron chi connectivity index (χ1n) is 6.30. The Labute approximate surface area is 126 Å². The molecule has 2 rings (SSSR count). The van der Waals surface area contributed by atoms with Gasteiger partial charge in [0.25, 0.3) is 5.91 Å². The molecule has 0 saturated heterocycles. The zero-order valence-corrected chi connectivity index (χ0v) is 11.5. The monoisotopic (exact) mass is 329 g/mol. The number of carbonyl (C=O) groups excluding carboxylic acids is 2. The molecule has 9 heteroatoms. The highest BCUT2D eigenvalue weighted by molar-refractivity contribution is 5.90. The van der Waals surface area contributed by atoms with E-state index in [0.717, 1.165) is 6.07 Å². The molecular weight excluding hydrogens is 319 g/mol. The highest BCUT2D eigenvalue weighted by Crippen LogP contribution is 2.13. The molecule has 23 heavy (non-hydrogen) atoms. The topological polar surface area (TPSA) is 85.6 Å². The summed E-state index contributed by atoms with van der Waals surface area (Å²) < 4.78 is 45.4. The molecule has 1 heterocycles. The molecule has 1 amide bonds. The molecule has 0 radical (unpaired) electrons. The van der Waals surface area contributed by atoms with E-state index in [1.807, 2.05) is 0 Å². The normalized spacial score (nSPS) is 11.3. The second-order valence-electron chi connectivity index (χ2n) is 4.44. The van der Waals surface area contributed by atoms with Crippen LogP contribution in [0.4, 0.5) is 13.2 Å². The van der Waals surface area contributed by atoms with Crippen molar-refractivity contribution in [1.29, 1.82) is 0 Å². The van der Waals surface area contributed by atoms with E-state index in [0.29, 0.717) is 0 Å². The van der Waals surface area contributed by atoms with Crippen molar-refractivity contribution in [2.24, 2.45) is 0 Å². The average Bonchev–Trinajstić information content (AvgIpc) is 2.50. The fourth-order valence-corrected chi connectivity index (χ4v) is 1.66. The van der Waals surface area contributed by atoms with E-state index in [9.17, 15) is 27.6 Å². The van der Waals surface area contributed by atoms with Crippen LogP contribution in [0.15, 0.2) is 39.5 Å². The summed E-state index contributed by atoms with van der Waals surface area (Å²) in [6.45, 7) is -2.46. The Morgan fingerprint density at radius 3 is 2.61 bits per heavy atom. The summed E-state index contributed by atoms with van der Waals surface area (Å²) in [6.07, 6.45) is -4.56. The lowest BCUT2D eigenvalue weighted by Crippen LogP contribution is -2.36. The van der Waals surface area contributed by atoms with Crippen LogP contribution in [-0.2, 0) is 9.53 Å². The molecule has 0 atom stereocenters. The lowest BCUT2D eigenvalue weighted by atomic mass is 10.2. The Hall–Kier alpha value is -2.84. The number of hydrogen-bond donors (Lipinski definition) is 1. The van der Waals surface area contributed by atoms with Crippen molar-refractivity contribution in [2.45, 2.75) is 6.18 Å². The number of alkyl halides is 3. The molecule has 0 spiro atoms. The van der Waals surface area contributed by atoms with Crippen molar-refractivity contribution in [2.75, 3.05) is 13.2 Å². The summed E-state index contributed by atoms with van der Waals surface area (Å²) in [5.74, 6) is -2.70. The van der Waals surface area contributed by atoms with Gasteiger partial charge in [0.05, 0.1) is 5.39 Å². The zero-order chi connectivity index (χ0) is 17.0. The molecule has 0 aliphatic carbocycles. The Morgan fingerprint density at radius 1 is 1.22 bits per heavy atom. The minimum Gasteiger partial charge on any atom is -0.450 e. The molecule has 0 unspecified atom stereocenters. The molecule has 0 fully saturated rings. The van der Waals surface area contributed by atoms with Crippen molar-refractivity contribution < 1.29 is 31.9 Å². The molecule has 1 aromatic carbocycles. The lowest BCUT2D eigenvalue weighted by Gasteiger charge is -2.08. The van der Waals surface area contributed by atoms with Gasteiger partial charge in [-0.15, -0.1) is 0 Å². The first-order chi connectivity index (χ1) is 10.8. The molecule has 1 aromatic heterocycles. The van der Waals surface area contributed by atoms with E-state index in [1.165, 1.54) is 17.4 Å². The van der Waals surface area contributed by atoms with Crippen LogP contribution in [-0.4, -0.2) is 31.2 Å². The maximum absolute atomic E-state index is 11.9. The Balaban J connectivity index is 2.01. The minimum absolute atomic E-state index is 0.147. The van der Waals surface area contributed by atoms with Gasteiger partial charge in [-0.1, -0.05) is 12.1 Å². The third-order valence-electron chi connectivity index (χ3n) is 2.66. The molecule has 2 aromatic rings. The van der Waals surface area contributed by atoms with Crippen molar-refractivity contribution >= 4 is 22.8 Å². The van der Waals surface area contributed by atoms with Crippen molar-refractivity contribution in [3.8, 4) is 0 Å². The maximum Gasteiger partial charge on any atom is 0.405 e.